The summed E-state index contributed by atoms with van der Waals surface area (Å²) in [6.07, 6.45) is -1.76. The van der Waals surface area contributed by atoms with Gasteiger partial charge in [-0.25, -0.2) is 13.8 Å². The fraction of sp³-hybridized carbons (Fsp3) is 0.250. The smallest absolute Gasteiger partial charge is 0.268 e. The van der Waals surface area contributed by atoms with E-state index in [0.29, 0.717) is 0 Å². The summed E-state index contributed by atoms with van der Waals surface area (Å²) >= 11 is 0. The Bertz CT molecular complexity index is 387. The first-order chi connectivity index (χ1) is 6.61. The number of aliphatic hydroxyl groups excluding tert-OH is 1. The lowest BCUT2D eigenvalue weighted by Crippen LogP contribution is -2.05. The van der Waals surface area contributed by atoms with Gasteiger partial charge in [0.1, 0.15) is 6.07 Å². The highest BCUT2D eigenvalue weighted by atomic mass is 19.3. The number of nitrogens with two attached hydrogens (primary N) is 1. The van der Waals surface area contributed by atoms with Crippen LogP contribution in [0.1, 0.15) is 23.2 Å². The zero-order chi connectivity index (χ0) is 10.7. The maximum absolute atomic E-state index is 12.4. The summed E-state index contributed by atoms with van der Waals surface area (Å²) in [4.78, 5) is 3.47. The molecule has 0 unspecified atom stereocenters. The maximum atomic E-state index is 12.4. The molecule has 14 heavy (non-hydrogen) atoms. The predicted octanol–water partition coefficient (Wildman–Crippen LogP) is 0.965. The van der Waals surface area contributed by atoms with Crippen LogP contribution < -0.4 is 5.73 Å². The number of pyridine rings is 1. The van der Waals surface area contributed by atoms with Crippen LogP contribution >= 0.6 is 0 Å². The van der Waals surface area contributed by atoms with E-state index in [9.17, 15) is 8.78 Å². The second-order valence-corrected chi connectivity index (χ2v) is 2.53. The van der Waals surface area contributed by atoms with Crippen LogP contribution in [0, 0.1) is 11.3 Å². The molecule has 1 rings (SSSR count). The Hall–Kier alpha value is -1.74. The highest BCUT2D eigenvalue weighted by Crippen LogP contribution is 2.29. The molecule has 0 atom stereocenters. The molecule has 0 aliphatic rings. The van der Waals surface area contributed by atoms with E-state index in [0.717, 1.165) is 6.20 Å². The van der Waals surface area contributed by atoms with Crippen LogP contribution in [-0.2, 0) is 6.61 Å². The lowest BCUT2D eigenvalue weighted by Gasteiger charge is -2.09. The first-order valence-corrected chi connectivity index (χ1v) is 3.68. The zero-order valence-electron chi connectivity index (χ0n) is 7.04. The SMILES string of the molecule is N#Cc1ncc(CO)c(N)c1C(F)F. The number of nitriles is 1. The minimum Gasteiger partial charge on any atom is -0.398 e. The van der Waals surface area contributed by atoms with Gasteiger partial charge >= 0.3 is 0 Å². The summed E-state index contributed by atoms with van der Waals surface area (Å²) in [7, 11) is 0. The van der Waals surface area contributed by atoms with Gasteiger partial charge in [0.25, 0.3) is 6.43 Å². The van der Waals surface area contributed by atoms with Gasteiger partial charge in [-0.1, -0.05) is 0 Å². The molecule has 0 saturated heterocycles. The van der Waals surface area contributed by atoms with E-state index in [1.807, 2.05) is 0 Å². The molecule has 1 aromatic rings. The molecular weight excluding hydrogens is 192 g/mol. The summed E-state index contributed by atoms with van der Waals surface area (Å²) < 4.78 is 24.9. The van der Waals surface area contributed by atoms with E-state index >= 15 is 0 Å². The van der Waals surface area contributed by atoms with Crippen molar-refractivity contribution in [2.45, 2.75) is 13.0 Å². The number of aliphatic hydroxyl groups is 1. The van der Waals surface area contributed by atoms with Crippen molar-refractivity contribution in [2.75, 3.05) is 5.73 Å². The van der Waals surface area contributed by atoms with Crippen LogP contribution in [0.5, 0.6) is 0 Å². The van der Waals surface area contributed by atoms with Gasteiger partial charge in [0.15, 0.2) is 5.69 Å². The molecule has 0 bridgehead atoms. The Labute approximate surface area is 78.6 Å². The molecule has 74 valence electrons. The van der Waals surface area contributed by atoms with Crippen molar-refractivity contribution in [1.82, 2.24) is 4.98 Å². The average Bonchev–Trinajstić information content (AvgIpc) is 2.16. The highest BCUT2D eigenvalue weighted by molar-refractivity contribution is 5.57. The third kappa shape index (κ3) is 1.63. The molecule has 0 radical (unpaired) electrons. The van der Waals surface area contributed by atoms with Crippen LogP contribution in [-0.4, -0.2) is 10.1 Å². The molecule has 0 aliphatic heterocycles. The van der Waals surface area contributed by atoms with E-state index < -0.39 is 24.3 Å². The van der Waals surface area contributed by atoms with E-state index in [1.165, 1.54) is 6.07 Å². The zero-order valence-corrected chi connectivity index (χ0v) is 7.04. The molecule has 0 aromatic carbocycles. The standard InChI is InChI=1S/C8H7F2N3O/c9-8(10)6-5(1-11)13-2-4(3-14)7(6)12/h2,8,14H,3H2,(H2,12,13). The van der Waals surface area contributed by atoms with Gasteiger partial charge in [-0.05, 0) is 0 Å². The first-order valence-electron chi connectivity index (χ1n) is 3.68. The summed E-state index contributed by atoms with van der Waals surface area (Å²) in [5, 5.41) is 17.2. The van der Waals surface area contributed by atoms with Crippen LogP contribution in [0.15, 0.2) is 6.20 Å². The summed E-state index contributed by atoms with van der Waals surface area (Å²) in [5.74, 6) is 0. The number of hydrogen-bond donors (Lipinski definition) is 2. The van der Waals surface area contributed by atoms with Crippen molar-refractivity contribution in [3.05, 3.63) is 23.0 Å². The summed E-state index contributed by atoms with van der Waals surface area (Å²) in [5.41, 5.74) is 4.15. The number of anilines is 1. The molecule has 6 heteroatoms. The molecule has 1 heterocycles. The molecule has 0 aliphatic carbocycles. The third-order valence-corrected chi connectivity index (χ3v) is 1.74. The van der Waals surface area contributed by atoms with Crippen molar-refractivity contribution < 1.29 is 13.9 Å². The number of alkyl halides is 2. The van der Waals surface area contributed by atoms with Gasteiger partial charge in [-0.15, -0.1) is 0 Å². The van der Waals surface area contributed by atoms with E-state index in [2.05, 4.69) is 4.98 Å². The highest BCUT2D eigenvalue weighted by Gasteiger charge is 2.20. The third-order valence-electron chi connectivity index (χ3n) is 1.74. The quantitative estimate of drug-likeness (QED) is 0.743. The largest absolute Gasteiger partial charge is 0.398 e. The van der Waals surface area contributed by atoms with Crippen LogP contribution in [0.2, 0.25) is 0 Å². The number of nitrogen functional groups attached to an aromatic ring is 1. The second-order valence-electron chi connectivity index (χ2n) is 2.53. The van der Waals surface area contributed by atoms with Gasteiger partial charge in [0.05, 0.1) is 17.9 Å². The van der Waals surface area contributed by atoms with Gasteiger partial charge in [0, 0.05) is 11.8 Å². The number of nitrogens with zero attached hydrogens (tertiary/aromatic N) is 2. The normalized spacial score (nSPS) is 10.2. The molecule has 0 fully saturated rings. The van der Waals surface area contributed by atoms with Gasteiger partial charge < -0.3 is 10.8 Å². The second kappa shape index (κ2) is 3.98. The topological polar surface area (TPSA) is 82.9 Å². The van der Waals surface area contributed by atoms with Gasteiger partial charge in [-0.3, -0.25) is 0 Å². The minimum absolute atomic E-state index is 0.0966. The number of hydrogen-bond acceptors (Lipinski definition) is 4. The van der Waals surface area contributed by atoms with Crippen LogP contribution in [0.25, 0.3) is 0 Å². The summed E-state index contributed by atoms with van der Waals surface area (Å²) in [6, 6.07) is 1.52. The Morgan fingerprint density at radius 1 is 1.64 bits per heavy atom. The lowest BCUT2D eigenvalue weighted by molar-refractivity contribution is 0.151. The molecule has 0 amide bonds. The van der Waals surface area contributed by atoms with E-state index in [-0.39, 0.29) is 11.3 Å². The summed E-state index contributed by atoms with van der Waals surface area (Å²) in [6.45, 7) is -0.482. The monoisotopic (exact) mass is 199 g/mol. The van der Waals surface area contributed by atoms with Crippen molar-refractivity contribution in [2.24, 2.45) is 0 Å². The average molecular weight is 199 g/mol. The molecule has 3 N–H and O–H groups in total. The van der Waals surface area contributed by atoms with Gasteiger partial charge in [0.2, 0.25) is 0 Å². The Morgan fingerprint density at radius 3 is 2.71 bits per heavy atom. The van der Waals surface area contributed by atoms with E-state index in [1.54, 1.807) is 0 Å². The lowest BCUT2D eigenvalue weighted by atomic mass is 10.1. The molecule has 0 spiro atoms. The molecule has 0 saturated carbocycles. The Balaban J connectivity index is 3.41. The fourth-order valence-electron chi connectivity index (χ4n) is 1.02. The molecule has 4 nitrogen and oxygen atoms in total. The van der Waals surface area contributed by atoms with Crippen molar-refractivity contribution >= 4 is 5.69 Å². The number of halogens is 2. The van der Waals surface area contributed by atoms with E-state index in [4.69, 9.17) is 16.1 Å². The predicted molar refractivity (Wildman–Crippen MR) is 44.2 cm³/mol. The van der Waals surface area contributed by atoms with Gasteiger partial charge in [-0.2, -0.15) is 5.26 Å². The number of rotatable bonds is 2. The molecule has 1 aromatic heterocycles. The van der Waals surface area contributed by atoms with Crippen molar-refractivity contribution in [3.8, 4) is 6.07 Å². The van der Waals surface area contributed by atoms with Crippen LogP contribution in [0.3, 0.4) is 0 Å². The number of aromatic nitrogens is 1. The maximum Gasteiger partial charge on any atom is 0.268 e. The van der Waals surface area contributed by atoms with Crippen molar-refractivity contribution in [3.63, 3.8) is 0 Å². The Morgan fingerprint density at radius 2 is 2.29 bits per heavy atom. The first kappa shape index (κ1) is 10.3. The fourth-order valence-corrected chi connectivity index (χ4v) is 1.02. The molecular formula is C8H7F2N3O. The minimum atomic E-state index is -2.87. The van der Waals surface area contributed by atoms with Crippen LogP contribution in [0.4, 0.5) is 14.5 Å². The van der Waals surface area contributed by atoms with Crippen molar-refractivity contribution in [1.29, 1.82) is 5.26 Å². The Kier molecular flexibility index (Phi) is 2.94.